The lowest BCUT2D eigenvalue weighted by Crippen LogP contribution is -2.39. The number of carbonyl (C=O) groups is 1. The van der Waals surface area contributed by atoms with Crippen LogP contribution in [-0.4, -0.2) is 31.7 Å². The Labute approximate surface area is 155 Å². The summed E-state index contributed by atoms with van der Waals surface area (Å²) in [5.74, 6) is 1.40. The normalized spacial score (nSPS) is 31.3. The first-order chi connectivity index (χ1) is 12.4. The number of sulfonamides is 1. The van der Waals surface area contributed by atoms with Crippen LogP contribution in [0.5, 0.6) is 0 Å². The van der Waals surface area contributed by atoms with Crippen molar-refractivity contribution in [3.8, 4) is 0 Å². The monoisotopic (exact) mass is 374 g/mol. The summed E-state index contributed by atoms with van der Waals surface area (Å²) in [5.41, 5.74) is 0.660. The second-order valence-electron chi connectivity index (χ2n) is 8.01. The Morgan fingerprint density at radius 3 is 2.54 bits per heavy atom. The molecule has 4 atom stereocenters. The van der Waals surface area contributed by atoms with Crippen LogP contribution >= 0.6 is 0 Å². The number of rotatable bonds is 4. The van der Waals surface area contributed by atoms with Crippen molar-refractivity contribution in [3.05, 3.63) is 36.4 Å². The third kappa shape index (κ3) is 3.32. The summed E-state index contributed by atoms with van der Waals surface area (Å²) in [6.45, 7) is 3.26. The van der Waals surface area contributed by atoms with E-state index in [-0.39, 0.29) is 11.8 Å². The van der Waals surface area contributed by atoms with Crippen molar-refractivity contribution in [1.82, 2.24) is 4.31 Å². The number of amides is 1. The largest absolute Gasteiger partial charge is 0.326 e. The summed E-state index contributed by atoms with van der Waals surface area (Å²) in [7, 11) is -3.45. The van der Waals surface area contributed by atoms with Crippen LogP contribution in [0.25, 0.3) is 0 Å². The smallest absolute Gasteiger partial charge is 0.243 e. The summed E-state index contributed by atoms with van der Waals surface area (Å²) in [6.07, 6.45) is 8.38. The lowest BCUT2D eigenvalue weighted by molar-refractivity contribution is -0.120. The van der Waals surface area contributed by atoms with Crippen LogP contribution in [0.15, 0.2) is 41.3 Å². The van der Waals surface area contributed by atoms with E-state index in [0.717, 1.165) is 25.7 Å². The molecule has 2 fully saturated rings. The standard InChI is InChI=1S/C20H26N2O3S/c1-14-3-2-10-22(13-14)26(24,25)18-8-6-17(7-9-18)21-20(23)19-12-15-4-5-16(19)11-15/h4-9,14-16,19H,2-3,10-13H2,1H3,(H,21,23)/t14-,15+,16+,19-/m1/s1. The predicted octanol–water partition coefficient (Wildman–Crippen LogP) is 3.26. The van der Waals surface area contributed by atoms with E-state index in [2.05, 4.69) is 24.4 Å². The average Bonchev–Trinajstić information content (AvgIpc) is 3.25. The van der Waals surface area contributed by atoms with Gasteiger partial charge < -0.3 is 5.32 Å². The minimum atomic E-state index is -3.45. The van der Waals surface area contributed by atoms with Gasteiger partial charge in [-0.2, -0.15) is 4.31 Å². The maximum Gasteiger partial charge on any atom is 0.243 e. The van der Waals surface area contributed by atoms with Crippen molar-refractivity contribution in [3.63, 3.8) is 0 Å². The van der Waals surface area contributed by atoms with Gasteiger partial charge >= 0.3 is 0 Å². The second kappa shape index (κ2) is 6.82. The van der Waals surface area contributed by atoms with E-state index in [9.17, 15) is 13.2 Å². The maximum absolute atomic E-state index is 12.8. The number of piperidine rings is 1. The highest BCUT2D eigenvalue weighted by Gasteiger charge is 2.39. The van der Waals surface area contributed by atoms with Crippen LogP contribution in [0.4, 0.5) is 5.69 Å². The van der Waals surface area contributed by atoms with E-state index >= 15 is 0 Å². The topological polar surface area (TPSA) is 66.5 Å². The second-order valence-corrected chi connectivity index (χ2v) is 9.95. The summed E-state index contributed by atoms with van der Waals surface area (Å²) < 4.78 is 27.2. The van der Waals surface area contributed by atoms with Gasteiger partial charge in [-0.3, -0.25) is 4.79 Å². The third-order valence-electron chi connectivity index (χ3n) is 6.00. The van der Waals surface area contributed by atoms with E-state index in [1.807, 2.05) is 0 Å². The number of anilines is 1. The van der Waals surface area contributed by atoms with Crippen molar-refractivity contribution in [2.45, 2.75) is 37.5 Å². The van der Waals surface area contributed by atoms with Crippen LogP contribution < -0.4 is 5.32 Å². The first kappa shape index (κ1) is 17.7. The lowest BCUT2D eigenvalue weighted by Gasteiger charge is -2.30. The van der Waals surface area contributed by atoms with Crippen LogP contribution in [0.2, 0.25) is 0 Å². The zero-order chi connectivity index (χ0) is 18.3. The fourth-order valence-corrected chi connectivity index (χ4v) is 6.14. The first-order valence-electron chi connectivity index (χ1n) is 9.53. The zero-order valence-corrected chi connectivity index (χ0v) is 15.9. The Morgan fingerprint density at radius 2 is 1.92 bits per heavy atom. The Hall–Kier alpha value is -1.66. The molecular weight excluding hydrogens is 348 g/mol. The van der Waals surface area contributed by atoms with Crippen molar-refractivity contribution in [1.29, 1.82) is 0 Å². The summed E-state index contributed by atoms with van der Waals surface area (Å²) in [4.78, 5) is 12.8. The quantitative estimate of drug-likeness (QED) is 0.823. The van der Waals surface area contributed by atoms with Gasteiger partial charge in [-0.25, -0.2) is 8.42 Å². The molecule has 2 bridgehead atoms. The molecule has 6 heteroatoms. The molecule has 1 heterocycles. The minimum Gasteiger partial charge on any atom is -0.326 e. The average molecular weight is 375 g/mol. The van der Waals surface area contributed by atoms with Crippen molar-refractivity contribution in [2.24, 2.45) is 23.7 Å². The molecule has 140 valence electrons. The molecule has 4 rings (SSSR count). The molecule has 2 aliphatic carbocycles. The van der Waals surface area contributed by atoms with Gasteiger partial charge in [0.2, 0.25) is 15.9 Å². The summed E-state index contributed by atoms with van der Waals surface area (Å²) in [5, 5.41) is 2.95. The number of hydrogen-bond donors (Lipinski definition) is 1. The van der Waals surface area contributed by atoms with Gasteiger partial charge in [0, 0.05) is 24.7 Å². The Balaban J connectivity index is 1.43. The number of hydrogen-bond acceptors (Lipinski definition) is 3. The number of fused-ring (bicyclic) bond motifs is 2. The number of allylic oxidation sites excluding steroid dienone is 2. The maximum atomic E-state index is 12.8. The van der Waals surface area contributed by atoms with Crippen LogP contribution in [0.1, 0.15) is 32.6 Å². The fraction of sp³-hybridized carbons (Fsp3) is 0.550. The highest BCUT2D eigenvalue weighted by Crippen LogP contribution is 2.43. The van der Waals surface area contributed by atoms with Gasteiger partial charge in [0.15, 0.2) is 0 Å². The molecule has 0 radical (unpaired) electrons. The molecule has 1 saturated heterocycles. The molecule has 26 heavy (non-hydrogen) atoms. The van der Waals surface area contributed by atoms with Gasteiger partial charge in [-0.1, -0.05) is 19.1 Å². The fourth-order valence-electron chi connectivity index (χ4n) is 4.54. The van der Waals surface area contributed by atoms with Gasteiger partial charge in [-0.05, 0) is 67.7 Å². The van der Waals surface area contributed by atoms with Crippen LogP contribution in [0.3, 0.4) is 0 Å². The van der Waals surface area contributed by atoms with Gasteiger partial charge in [0.1, 0.15) is 0 Å². The van der Waals surface area contributed by atoms with Crippen LogP contribution in [0, 0.1) is 23.7 Å². The van der Waals surface area contributed by atoms with E-state index < -0.39 is 10.0 Å². The highest BCUT2D eigenvalue weighted by molar-refractivity contribution is 7.89. The number of benzene rings is 1. The molecule has 1 saturated carbocycles. The Kier molecular flexibility index (Phi) is 4.65. The molecule has 1 amide bonds. The highest BCUT2D eigenvalue weighted by atomic mass is 32.2. The molecule has 5 nitrogen and oxygen atoms in total. The van der Waals surface area contributed by atoms with E-state index in [4.69, 9.17) is 0 Å². The number of nitrogens with one attached hydrogen (secondary N) is 1. The van der Waals surface area contributed by atoms with Crippen molar-refractivity contribution < 1.29 is 13.2 Å². The third-order valence-corrected chi connectivity index (χ3v) is 7.87. The minimum absolute atomic E-state index is 0.0438. The van der Waals surface area contributed by atoms with E-state index in [1.165, 1.54) is 0 Å². The molecular formula is C20H26N2O3S. The van der Waals surface area contributed by atoms with Crippen molar-refractivity contribution >= 4 is 21.6 Å². The summed E-state index contributed by atoms with van der Waals surface area (Å²) >= 11 is 0. The number of carbonyl (C=O) groups excluding carboxylic acids is 1. The van der Waals surface area contributed by atoms with Gasteiger partial charge in [0.25, 0.3) is 0 Å². The zero-order valence-electron chi connectivity index (χ0n) is 15.1. The van der Waals surface area contributed by atoms with Gasteiger partial charge in [0.05, 0.1) is 4.90 Å². The number of nitrogens with zero attached hydrogens (tertiary/aromatic N) is 1. The molecule has 3 aliphatic rings. The van der Waals surface area contributed by atoms with E-state index in [0.29, 0.717) is 41.4 Å². The molecule has 1 N–H and O–H groups in total. The SMILES string of the molecule is C[C@@H]1CCCN(S(=O)(=O)c2ccc(NC(=O)[C@@H]3C[C@H]4C=C[C@H]3C4)cc2)C1. The Bertz CT molecular complexity index is 816. The molecule has 1 aromatic carbocycles. The Morgan fingerprint density at radius 1 is 1.15 bits per heavy atom. The summed E-state index contributed by atoms with van der Waals surface area (Å²) in [6, 6.07) is 6.60. The van der Waals surface area contributed by atoms with E-state index in [1.54, 1.807) is 28.6 Å². The first-order valence-corrected chi connectivity index (χ1v) is 11.0. The molecule has 1 aromatic rings. The predicted molar refractivity (Wildman–Crippen MR) is 101 cm³/mol. The molecule has 0 unspecified atom stereocenters. The molecule has 1 aliphatic heterocycles. The van der Waals surface area contributed by atoms with Crippen LogP contribution in [-0.2, 0) is 14.8 Å². The van der Waals surface area contributed by atoms with Gasteiger partial charge in [-0.15, -0.1) is 0 Å². The van der Waals surface area contributed by atoms with Crippen molar-refractivity contribution in [2.75, 3.05) is 18.4 Å². The lowest BCUT2D eigenvalue weighted by atomic mass is 9.93. The molecule has 0 aromatic heterocycles. The molecule has 0 spiro atoms.